The van der Waals surface area contributed by atoms with Gasteiger partial charge in [0.2, 0.25) is 6.29 Å². The summed E-state index contributed by atoms with van der Waals surface area (Å²) in [5.74, 6) is -0.272. The van der Waals surface area contributed by atoms with Gasteiger partial charge in [-0.1, -0.05) is 13.8 Å². The monoisotopic (exact) mass is 216 g/mol. The number of carbonyl (C=O) groups excluding carboxylic acids is 1. The van der Waals surface area contributed by atoms with Gasteiger partial charge in [-0.05, 0) is 26.7 Å². The number of carbonyl (C=O) groups is 1. The van der Waals surface area contributed by atoms with Crippen molar-refractivity contribution < 1.29 is 19.3 Å². The first-order valence-corrected chi connectivity index (χ1v) is 5.53. The highest BCUT2D eigenvalue weighted by molar-refractivity contribution is 5.72. The quantitative estimate of drug-likeness (QED) is 0.388. The largest absolute Gasteiger partial charge is 0.459 e. The molecule has 15 heavy (non-hydrogen) atoms. The third-order valence-corrected chi connectivity index (χ3v) is 2.76. The van der Waals surface area contributed by atoms with Gasteiger partial charge >= 0.3 is 5.97 Å². The molecule has 0 N–H and O–H groups in total. The van der Waals surface area contributed by atoms with Crippen molar-refractivity contribution in [1.29, 1.82) is 0 Å². The standard InChI is InChI=1S/C11H20O4/c1-5-8(7-9-14-15-9)10(12)13-11(3,4)6-2/h8-9H,5-7H2,1-4H3. The third kappa shape index (κ3) is 4.18. The summed E-state index contributed by atoms with van der Waals surface area (Å²) >= 11 is 0. The van der Waals surface area contributed by atoms with Crippen LogP contribution >= 0.6 is 0 Å². The Balaban J connectivity index is 2.41. The lowest BCUT2D eigenvalue weighted by atomic mass is 10.0. The fourth-order valence-corrected chi connectivity index (χ4v) is 1.21. The lowest BCUT2D eigenvalue weighted by Crippen LogP contribution is -2.31. The zero-order chi connectivity index (χ0) is 11.5. The molecule has 0 aliphatic carbocycles. The molecular formula is C11H20O4. The van der Waals surface area contributed by atoms with E-state index in [0.717, 1.165) is 12.8 Å². The summed E-state index contributed by atoms with van der Waals surface area (Å²) < 4.78 is 5.42. The molecule has 0 bridgehead atoms. The average Bonchev–Trinajstić information content (AvgIpc) is 2.97. The molecule has 0 saturated carbocycles. The van der Waals surface area contributed by atoms with E-state index in [0.29, 0.717) is 6.42 Å². The lowest BCUT2D eigenvalue weighted by molar-refractivity contribution is -0.162. The zero-order valence-corrected chi connectivity index (χ0v) is 9.91. The van der Waals surface area contributed by atoms with Crippen molar-refractivity contribution in [3.8, 4) is 0 Å². The number of hydrogen-bond donors (Lipinski definition) is 0. The van der Waals surface area contributed by atoms with Gasteiger partial charge in [0.15, 0.2) is 0 Å². The highest BCUT2D eigenvalue weighted by atomic mass is 17.4. The first kappa shape index (κ1) is 12.5. The van der Waals surface area contributed by atoms with Crippen molar-refractivity contribution in [2.45, 2.75) is 58.8 Å². The maximum atomic E-state index is 11.8. The van der Waals surface area contributed by atoms with Crippen molar-refractivity contribution in [3.63, 3.8) is 0 Å². The van der Waals surface area contributed by atoms with E-state index in [9.17, 15) is 4.79 Å². The van der Waals surface area contributed by atoms with E-state index >= 15 is 0 Å². The van der Waals surface area contributed by atoms with Crippen LogP contribution in [0.15, 0.2) is 0 Å². The van der Waals surface area contributed by atoms with Crippen LogP contribution in [0.25, 0.3) is 0 Å². The highest BCUT2D eigenvalue weighted by Crippen LogP contribution is 2.26. The molecule has 1 rings (SSSR count). The fraction of sp³-hybridized carbons (Fsp3) is 0.909. The van der Waals surface area contributed by atoms with Gasteiger partial charge in [0.05, 0.1) is 5.92 Å². The van der Waals surface area contributed by atoms with Crippen LogP contribution in [0.3, 0.4) is 0 Å². The van der Waals surface area contributed by atoms with Gasteiger partial charge in [0.25, 0.3) is 0 Å². The van der Waals surface area contributed by atoms with Crippen molar-refractivity contribution in [2.24, 2.45) is 5.92 Å². The Morgan fingerprint density at radius 3 is 2.40 bits per heavy atom. The van der Waals surface area contributed by atoms with Gasteiger partial charge in [-0.3, -0.25) is 4.79 Å². The number of rotatable bonds is 6. The van der Waals surface area contributed by atoms with Crippen LogP contribution in [0.1, 0.15) is 47.0 Å². The summed E-state index contributed by atoms with van der Waals surface area (Å²) in [5, 5.41) is 0. The molecule has 1 aliphatic heterocycles. The van der Waals surface area contributed by atoms with Crippen molar-refractivity contribution in [2.75, 3.05) is 0 Å². The first-order chi connectivity index (χ1) is 6.98. The number of esters is 1. The molecule has 0 aromatic carbocycles. The van der Waals surface area contributed by atoms with E-state index < -0.39 is 0 Å². The minimum absolute atomic E-state index is 0.122. The molecule has 1 saturated heterocycles. The normalized spacial score (nSPS) is 18.7. The topological polar surface area (TPSA) is 51.4 Å². The maximum Gasteiger partial charge on any atom is 0.309 e. The van der Waals surface area contributed by atoms with Crippen LogP contribution in [0.4, 0.5) is 0 Å². The molecule has 88 valence electrons. The Labute approximate surface area is 90.8 Å². The summed E-state index contributed by atoms with van der Waals surface area (Å²) in [5.41, 5.74) is -0.379. The highest BCUT2D eigenvalue weighted by Gasteiger charge is 2.34. The SMILES string of the molecule is CCC(CC1OO1)C(=O)OC(C)(C)CC. The second-order valence-corrected chi connectivity index (χ2v) is 4.50. The molecule has 1 aliphatic rings. The summed E-state index contributed by atoms with van der Waals surface area (Å²) in [6.07, 6.45) is 1.95. The van der Waals surface area contributed by atoms with E-state index in [1.807, 2.05) is 27.7 Å². The molecule has 1 atom stereocenters. The molecule has 4 nitrogen and oxygen atoms in total. The van der Waals surface area contributed by atoms with Crippen LogP contribution < -0.4 is 0 Å². The molecule has 0 radical (unpaired) electrons. The Morgan fingerprint density at radius 1 is 1.40 bits per heavy atom. The summed E-state index contributed by atoms with van der Waals surface area (Å²) in [6.45, 7) is 7.80. The second kappa shape index (κ2) is 4.94. The number of hydrogen-bond acceptors (Lipinski definition) is 4. The van der Waals surface area contributed by atoms with Crippen molar-refractivity contribution in [3.05, 3.63) is 0 Å². The molecule has 1 fully saturated rings. The Morgan fingerprint density at radius 2 is 2.00 bits per heavy atom. The van der Waals surface area contributed by atoms with Gasteiger partial charge in [0.1, 0.15) is 5.60 Å². The van der Waals surface area contributed by atoms with E-state index in [1.54, 1.807) is 0 Å². The Bertz CT molecular complexity index is 221. The second-order valence-electron chi connectivity index (χ2n) is 4.50. The Hall–Kier alpha value is -0.610. The van der Waals surface area contributed by atoms with Gasteiger partial charge in [0, 0.05) is 6.42 Å². The third-order valence-electron chi connectivity index (χ3n) is 2.76. The first-order valence-electron chi connectivity index (χ1n) is 5.53. The molecule has 0 aromatic rings. The van der Waals surface area contributed by atoms with E-state index in [1.165, 1.54) is 0 Å². The van der Waals surface area contributed by atoms with Crippen LogP contribution in [0.2, 0.25) is 0 Å². The molecule has 0 spiro atoms. The summed E-state index contributed by atoms with van der Waals surface area (Å²) in [4.78, 5) is 21.1. The minimum Gasteiger partial charge on any atom is -0.459 e. The maximum absolute atomic E-state index is 11.8. The Kier molecular flexibility index (Phi) is 4.11. The fourth-order valence-electron chi connectivity index (χ4n) is 1.21. The van der Waals surface area contributed by atoms with Crippen molar-refractivity contribution >= 4 is 5.97 Å². The van der Waals surface area contributed by atoms with Crippen LogP contribution in [0.5, 0.6) is 0 Å². The lowest BCUT2D eigenvalue weighted by Gasteiger charge is -2.25. The number of ether oxygens (including phenoxy) is 1. The molecule has 0 amide bonds. The minimum atomic E-state index is -0.379. The van der Waals surface area contributed by atoms with Crippen LogP contribution in [-0.2, 0) is 19.3 Å². The van der Waals surface area contributed by atoms with Gasteiger partial charge in [-0.2, -0.15) is 9.78 Å². The average molecular weight is 216 g/mol. The van der Waals surface area contributed by atoms with E-state index in [2.05, 4.69) is 9.78 Å². The van der Waals surface area contributed by atoms with E-state index in [-0.39, 0.29) is 23.8 Å². The van der Waals surface area contributed by atoms with Crippen LogP contribution in [-0.4, -0.2) is 17.9 Å². The molecule has 0 aromatic heterocycles. The van der Waals surface area contributed by atoms with Crippen molar-refractivity contribution in [1.82, 2.24) is 0 Å². The molecule has 1 unspecified atom stereocenters. The molecule has 4 heteroatoms. The van der Waals surface area contributed by atoms with Crippen LogP contribution in [0, 0.1) is 5.92 Å². The van der Waals surface area contributed by atoms with Gasteiger partial charge in [-0.15, -0.1) is 0 Å². The smallest absolute Gasteiger partial charge is 0.309 e. The summed E-state index contributed by atoms with van der Waals surface area (Å²) in [6, 6.07) is 0. The van der Waals surface area contributed by atoms with Gasteiger partial charge < -0.3 is 4.74 Å². The molecule has 1 heterocycles. The summed E-state index contributed by atoms with van der Waals surface area (Å²) in [7, 11) is 0. The zero-order valence-electron chi connectivity index (χ0n) is 9.91. The predicted octanol–water partition coefficient (Wildman–Crippen LogP) is 2.42. The van der Waals surface area contributed by atoms with E-state index in [4.69, 9.17) is 4.74 Å². The predicted molar refractivity (Wildman–Crippen MR) is 54.8 cm³/mol. The molecular weight excluding hydrogens is 196 g/mol. The van der Waals surface area contributed by atoms with Gasteiger partial charge in [-0.25, -0.2) is 0 Å².